The standard InChI is InChI=1S/C11H21BCl2Si/c1-9(15(2,13)14)12-10-5-3-6-11(12)8-4-7-10/h9-11H,3-8H2,1-2H3. The number of hydrogen-bond donors (Lipinski definition) is 0. The minimum atomic E-state index is -1.97. The molecule has 86 valence electrons. The Kier molecular flexibility index (Phi) is 3.80. The quantitative estimate of drug-likeness (QED) is 0.482. The molecule has 15 heavy (non-hydrogen) atoms. The minimum absolute atomic E-state index is 0.580. The predicted molar refractivity (Wildman–Crippen MR) is 73.7 cm³/mol. The predicted octanol–water partition coefficient (Wildman–Crippen LogP) is 5.07. The van der Waals surface area contributed by atoms with Crippen LogP contribution in [0.1, 0.15) is 45.4 Å². The lowest BCUT2D eigenvalue weighted by Gasteiger charge is -2.45. The Bertz CT molecular complexity index is 207. The molecular formula is C11H21BCl2Si. The fraction of sp³-hybridized carbons (Fsp3) is 1.00. The first-order chi connectivity index (χ1) is 7.00. The van der Waals surface area contributed by atoms with E-state index in [1.165, 1.54) is 38.5 Å². The van der Waals surface area contributed by atoms with E-state index < -0.39 is 6.69 Å². The van der Waals surface area contributed by atoms with Gasteiger partial charge in [0.15, 0.2) is 0 Å². The van der Waals surface area contributed by atoms with Crippen molar-refractivity contribution < 1.29 is 0 Å². The lowest BCUT2D eigenvalue weighted by Crippen LogP contribution is -2.44. The van der Waals surface area contributed by atoms with Crippen molar-refractivity contribution in [2.45, 2.75) is 69.1 Å². The maximum atomic E-state index is 6.43. The van der Waals surface area contributed by atoms with Gasteiger partial charge in [-0.25, -0.2) is 0 Å². The fourth-order valence-corrected chi connectivity index (χ4v) is 5.98. The van der Waals surface area contributed by atoms with Gasteiger partial charge in [-0.15, -0.1) is 22.2 Å². The fourth-order valence-electron chi connectivity index (χ4n) is 3.88. The van der Waals surface area contributed by atoms with E-state index in [1.54, 1.807) is 0 Å². The summed E-state index contributed by atoms with van der Waals surface area (Å²) in [7, 11) is 0. The Hall–Kier alpha value is 0.862. The summed E-state index contributed by atoms with van der Waals surface area (Å²) in [5.74, 6) is 1.88. The van der Waals surface area contributed by atoms with Gasteiger partial charge < -0.3 is 0 Å². The second-order valence-electron chi connectivity index (χ2n) is 5.70. The first-order valence-corrected chi connectivity index (χ1v) is 11.0. The average Bonchev–Trinajstić information content (AvgIpc) is 2.14. The average molecular weight is 263 g/mol. The molecule has 1 atom stereocenters. The van der Waals surface area contributed by atoms with Crippen LogP contribution in [0.25, 0.3) is 0 Å². The molecule has 0 saturated carbocycles. The van der Waals surface area contributed by atoms with Crippen LogP contribution in [0, 0.1) is 0 Å². The highest BCUT2D eigenvalue weighted by molar-refractivity contribution is 7.47. The number of fused-ring (bicyclic) bond motifs is 2. The van der Waals surface area contributed by atoms with Crippen LogP contribution in [0.3, 0.4) is 0 Å². The molecule has 2 saturated heterocycles. The normalized spacial score (nSPS) is 34.0. The van der Waals surface area contributed by atoms with Gasteiger partial charge in [0.25, 0.3) is 0 Å². The van der Waals surface area contributed by atoms with Crippen molar-refractivity contribution in [3.8, 4) is 0 Å². The zero-order chi connectivity index (χ0) is 11.1. The van der Waals surface area contributed by atoms with Crippen LogP contribution in [0.2, 0.25) is 23.6 Å². The van der Waals surface area contributed by atoms with Crippen LogP contribution in [-0.4, -0.2) is 13.4 Å². The zero-order valence-electron chi connectivity index (χ0n) is 9.81. The molecule has 0 N–H and O–H groups in total. The van der Waals surface area contributed by atoms with Crippen molar-refractivity contribution in [2.24, 2.45) is 0 Å². The van der Waals surface area contributed by atoms with Gasteiger partial charge in [-0.2, -0.15) is 0 Å². The summed E-state index contributed by atoms with van der Waals surface area (Å²) in [6, 6.07) is 0. The summed E-state index contributed by atoms with van der Waals surface area (Å²) >= 11 is 12.9. The third-order valence-corrected chi connectivity index (χ3v) is 8.81. The molecule has 0 aromatic carbocycles. The summed E-state index contributed by atoms with van der Waals surface area (Å²) in [5.41, 5.74) is 0.580. The molecule has 0 radical (unpaired) electrons. The molecule has 0 spiro atoms. The molecule has 2 aliphatic heterocycles. The first-order valence-electron chi connectivity index (χ1n) is 6.38. The summed E-state index contributed by atoms with van der Waals surface area (Å²) in [6.07, 6.45) is 8.63. The molecule has 0 aromatic rings. The second-order valence-corrected chi connectivity index (χ2v) is 13.8. The molecule has 0 aromatic heterocycles. The van der Waals surface area contributed by atoms with Crippen molar-refractivity contribution in [3.05, 3.63) is 0 Å². The Labute approximate surface area is 105 Å². The van der Waals surface area contributed by atoms with Crippen LogP contribution in [0.15, 0.2) is 0 Å². The van der Waals surface area contributed by atoms with Crippen LogP contribution in [-0.2, 0) is 0 Å². The number of rotatable bonds is 2. The third-order valence-electron chi connectivity index (χ3n) is 4.77. The van der Waals surface area contributed by atoms with Gasteiger partial charge in [-0.05, 0) is 12.0 Å². The summed E-state index contributed by atoms with van der Waals surface area (Å²) in [4.78, 5) is 0. The highest BCUT2D eigenvalue weighted by Crippen LogP contribution is 2.52. The van der Waals surface area contributed by atoms with E-state index in [0.717, 1.165) is 18.3 Å². The number of halogens is 2. The highest BCUT2D eigenvalue weighted by atomic mass is 35.7. The van der Waals surface area contributed by atoms with Gasteiger partial charge in [0.05, 0.1) is 0 Å². The summed E-state index contributed by atoms with van der Waals surface area (Å²) < 4.78 is 0. The molecule has 0 amide bonds. The second kappa shape index (κ2) is 4.62. The molecule has 2 rings (SSSR count). The van der Waals surface area contributed by atoms with Gasteiger partial charge in [0.2, 0.25) is 6.69 Å². The summed E-state index contributed by atoms with van der Waals surface area (Å²) in [6.45, 7) is 3.29. The molecular weight excluding hydrogens is 242 g/mol. The van der Waals surface area contributed by atoms with E-state index in [0.29, 0.717) is 5.44 Å². The van der Waals surface area contributed by atoms with E-state index >= 15 is 0 Å². The molecule has 2 aliphatic rings. The maximum Gasteiger partial charge on any atom is 0.244 e. The molecule has 2 heterocycles. The molecule has 0 aliphatic carbocycles. The van der Waals surface area contributed by atoms with Gasteiger partial charge in [-0.3, -0.25) is 0 Å². The van der Waals surface area contributed by atoms with Gasteiger partial charge in [0, 0.05) is 0 Å². The van der Waals surface area contributed by atoms with E-state index in [1.807, 2.05) is 0 Å². The van der Waals surface area contributed by atoms with Crippen LogP contribution in [0.4, 0.5) is 0 Å². The van der Waals surface area contributed by atoms with Crippen molar-refractivity contribution in [2.75, 3.05) is 0 Å². The molecule has 4 heteroatoms. The Morgan fingerprint density at radius 1 is 1.07 bits per heavy atom. The topological polar surface area (TPSA) is 0 Å². The first kappa shape index (κ1) is 12.3. The lowest BCUT2D eigenvalue weighted by atomic mass is 9.26. The lowest BCUT2D eigenvalue weighted by molar-refractivity contribution is 0.440. The Balaban J connectivity index is 2.12. The van der Waals surface area contributed by atoms with E-state index in [4.69, 9.17) is 22.2 Å². The molecule has 0 nitrogen and oxygen atoms in total. The van der Waals surface area contributed by atoms with E-state index in [-0.39, 0.29) is 0 Å². The van der Waals surface area contributed by atoms with Crippen molar-refractivity contribution in [1.82, 2.24) is 0 Å². The maximum absolute atomic E-state index is 6.43. The SMILES string of the molecule is CC(B1C2CCCC1CCC2)[Si](C)(Cl)Cl. The molecule has 1 unspecified atom stereocenters. The largest absolute Gasteiger partial charge is 0.244 e. The highest BCUT2D eigenvalue weighted by Gasteiger charge is 2.47. The van der Waals surface area contributed by atoms with E-state index in [2.05, 4.69) is 13.5 Å². The Morgan fingerprint density at radius 2 is 1.47 bits per heavy atom. The van der Waals surface area contributed by atoms with Crippen LogP contribution in [0.5, 0.6) is 0 Å². The van der Waals surface area contributed by atoms with E-state index in [9.17, 15) is 0 Å². The minimum Gasteiger partial charge on any atom is -0.147 e. The van der Waals surface area contributed by atoms with Crippen molar-refractivity contribution in [3.63, 3.8) is 0 Å². The van der Waals surface area contributed by atoms with Gasteiger partial charge in [-0.1, -0.05) is 57.1 Å². The van der Waals surface area contributed by atoms with Crippen molar-refractivity contribution >= 4 is 35.6 Å². The molecule has 2 bridgehead atoms. The van der Waals surface area contributed by atoms with Crippen LogP contribution >= 0.6 is 22.2 Å². The monoisotopic (exact) mass is 262 g/mol. The smallest absolute Gasteiger partial charge is 0.147 e. The molecule has 2 fully saturated rings. The number of hydrogen-bond acceptors (Lipinski definition) is 0. The Morgan fingerprint density at radius 3 is 1.80 bits per heavy atom. The van der Waals surface area contributed by atoms with Gasteiger partial charge >= 0.3 is 0 Å². The van der Waals surface area contributed by atoms with Gasteiger partial charge in [0.1, 0.15) is 6.71 Å². The van der Waals surface area contributed by atoms with Crippen LogP contribution < -0.4 is 0 Å². The third kappa shape index (κ3) is 2.58. The zero-order valence-corrected chi connectivity index (χ0v) is 12.3. The summed E-state index contributed by atoms with van der Waals surface area (Å²) in [5, 5.41) is 0. The van der Waals surface area contributed by atoms with Crippen molar-refractivity contribution in [1.29, 1.82) is 0 Å².